The third-order valence-corrected chi connectivity index (χ3v) is 5.45. The Morgan fingerprint density at radius 3 is 2.29 bits per heavy atom. The van der Waals surface area contributed by atoms with Gasteiger partial charge < -0.3 is 9.29 Å². The van der Waals surface area contributed by atoms with Crippen molar-refractivity contribution >= 4 is 16.8 Å². The SMILES string of the molecule is CC[S+]([O-])c1ccn2c(=O)c(-c3ccc(OCC(F)(F)F)cc3)c(C(F)(F)F)nc2c1. The van der Waals surface area contributed by atoms with Gasteiger partial charge in [0.05, 0.1) is 5.56 Å². The molecule has 0 N–H and O–H groups in total. The van der Waals surface area contributed by atoms with Gasteiger partial charge in [-0.3, -0.25) is 9.20 Å². The summed E-state index contributed by atoms with van der Waals surface area (Å²) in [4.78, 5) is 16.7. The summed E-state index contributed by atoms with van der Waals surface area (Å²) in [6, 6.07) is 6.65. The lowest BCUT2D eigenvalue weighted by Gasteiger charge is -2.15. The Morgan fingerprint density at radius 2 is 1.74 bits per heavy atom. The lowest BCUT2D eigenvalue weighted by molar-refractivity contribution is -0.153. The smallest absolute Gasteiger partial charge is 0.434 e. The van der Waals surface area contributed by atoms with Crippen molar-refractivity contribution in [3.63, 3.8) is 0 Å². The van der Waals surface area contributed by atoms with Crippen molar-refractivity contribution in [1.82, 2.24) is 9.38 Å². The van der Waals surface area contributed by atoms with E-state index in [-0.39, 0.29) is 27.6 Å². The van der Waals surface area contributed by atoms with Crippen LogP contribution in [0.3, 0.4) is 0 Å². The fourth-order valence-corrected chi connectivity index (χ4v) is 3.56. The molecule has 1 atom stereocenters. The van der Waals surface area contributed by atoms with Crippen LogP contribution in [-0.4, -0.2) is 32.5 Å². The molecule has 0 saturated heterocycles. The van der Waals surface area contributed by atoms with Gasteiger partial charge in [-0.15, -0.1) is 0 Å². The van der Waals surface area contributed by atoms with Crippen LogP contribution in [-0.2, 0) is 17.4 Å². The molecule has 0 spiro atoms. The van der Waals surface area contributed by atoms with E-state index in [1.165, 1.54) is 12.3 Å². The first-order valence-corrected chi connectivity index (χ1v) is 10.0. The third kappa shape index (κ3) is 5.13. The second kappa shape index (κ2) is 8.42. The van der Waals surface area contributed by atoms with Gasteiger partial charge in [0.15, 0.2) is 17.2 Å². The van der Waals surface area contributed by atoms with E-state index in [2.05, 4.69) is 9.72 Å². The number of aromatic nitrogens is 2. The molecule has 0 aliphatic carbocycles. The van der Waals surface area contributed by atoms with Crippen LogP contribution in [0, 0.1) is 0 Å². The number of hydrogen-bond acceptors (Lipinski definition) is 4. The van der Waals surface area contributed by atoms with Gasteiger partial charge in [-0.05, 0) is 35.8 Å². The van der Waals surface area contributed by atoms with Crippen LogP contribution in [0.4, 0.5) is 26.3 Å². The van der Waals surface area contributed by atoms with Gasteiger partial charge in [0, 0.05) is 18.3 Å². The van der Waals surface area contributed by atoms with Gasteiger partial charge >= 0.3 is 12.4 Å². The molecular weight excluding hydrogens is 450 g/mol. The van der Waals surface area contributed by atoms with Gasteiger partial charge in [-0.25, -0.2) is 4.98 Å². The molecule has 0 radical (unpaired) electrons. The van der Waals surface area contributed by atoms with E-state index in [9.17, 15) is 35.7 Å². The fourth-order valence-electron chi connectivity index (χ4n) is 2.78. The van der Waals surface area contributed by atoms with E-state index in [0.717, 1.165) is 34.7 Å². The third-order valence-electron chi connectivity index (χ3n) is 4.14. The molecule has 31 heavy (non-hydrogen) atoms. The van der Waals surface area contributed by atoms with E-state index in [0.29, 0.717) is 0 Å². The van der Waals surface area contributed by atoms with Gasteiger partial charge in [0.2, 0.25) is 0 Å². The highest BCUT2D eigenvalue weighted by molar-refractivity contribution is 7.91. The van der Waals surface area contributed by atoms with Crippen LogP contribution < -0.4 is 10.3 Å². The molecule has 0 aliphatic heterocycles. The van der Waals surface area contributed by atoms with Crippen molar-refractivity contribution in [2.75, 3.05) is 12.4 Å². The van der Waals surface area contributed by atoms with Crippen molar-refractivity contribution in [3.8, 4) is 16.9 Å². The van der Waals surface area contributed by atoms with E-state index >= 15 is 0 Å². The highest BCUT2D eigenvalue weighted by Crippen LogP contribution is 2.35. The van der Waals surface area contributed by atoms with Crippen molar-refractivity contribution in [2.45, 2.75) is 24.2 Å². The minimum Gasteiger partial charge on any atom is -0.611 e. The molecule has 0 fully saturated rings. The molecule has 0 saturated carbocycles. The van der Waals surface area contributed by atoms with E-state index < -0.39 is 47.0 Å². The lowest BCUT2D eigenvalue weighted by atomic mass is 10.0. The van der Waals surface area contributed by atoms with Crippen LogP contribution in [0.15, 0.2) is 52.3 Å². The minimum absolute atomic E-state index is 0.195. The number of halogens is 6. The summed E-state index contributed by atoms with van der Waals surface area (Å²) in [5, 5.41) is 0. The maximum Gasteiger partial charge on any atom is 0.434 e. The quantitative estimate of drug-likeness (QED) is 0.414. The number of benzene rings is 1. The number of rotatable bonds is 5. The standard InChI is InChI=1S/C19H14F6N2O3S/c1-2-31(29)13-7-8-27-14(9-13)26-16(19(23,24)25)15(17(27)28)11-3-5-12(6-4-11)30-10-18(20,21)22/h3-9H,2,10H2,1H3. The summed E-state index contributed by atoms with van der Waals surface area (Å²) in [5.41, 5.74) is -3.78. The van der Waals surface area contributed by atoms with Gasteiger partial charge in [0.25, 0.3) is 5.56 Å². The summed E-state index contributed by atoms with van der Waals surface area (Å²) in [6.45, 7) is 0.0635. The van der Waals surface area contributed by atoms with Crippen LogP contribution in [0.1, 0.15) is 12.6 Å². The second-order valence-corrected chi connectivity index (χ2v) is 8.03. The predicted octanol–water partition coefficient (Wildman–Crippen LogP) is 4.45. The van der Waals surface area contributed by atoms with Crippen LogP contribution in [0.2, 0.25) is 0 Å². The first-order valence-electron chi connectivity index (χ1n) is 8.72. The second-order valence-electron chi connectivity index (χ2n) is 6.29. The Bertz CT molecular complexity index is 1140. The van der Waals surface area contributed by atoms with E-state index in [1.807, 2.05) is 0 Å². The first-order chi connectivity index (χ1) is 14.4. The Kier molecular flexibility index (Phi) is 6.23. The summed E-state index contributed by atoms with van der Waals surface area (Å²) in [7, 11) is 0. The zero-order valence-corrected chi connectivity index (χ0v) is 16.6. The molecule has 0 bridgehead atoms. The van der Waals surface area contributed by atoms with Crippen molar-refractivity contribution in [3.05, 3.63) is 58.6 Å². The predicted molar refractivity (Wildman–Crippen MR) is 100 cm³/mol. The summed E-state index contributed by atoms with van der Waals surface area (Å²) in [6.07, 6.45) is -8.39. The minimum atomic E-state index is -4.99. The normalized spacial score (nSPS) is 13.4. The number of ether oxygens (including phenoxy) is 1. The summed E-state index contributed by atoms with van der Waals surface area (Å²) < 4.78 is 95.2. The Hall–Kier alpha value is -2.73. The molecule has 12 heteroatoms. The average Bonchev–Trinajstić information content (AvgIpc) is 2.70. The number of alkyl halides is 6. The number of hydrogen-bond donors (Lipinski definition) is 0. The highest BCUT2D eigenvalue weighted by Gasteiger charge is 2.38. The van der Waals surface area contributed by atoms with Crippen molar-refractivity contribution in [2.24, 2.45) is 0 Å². The molecule has 5 nitrogen and oxygen atoms in total. The molecule has 0 amide bonds. The number of fused-ring (bicyclic) bond motifs is 1. The average molecular weight is 464 g/mol. The fraction of sp³-hybridized carbons (Fsp3) is 0.263. The van der Waals surface area contributed by atoms with Gasteiger partial charge in [-0.2, -0.15) is 26.3 Å². The van der Waals surface area contributed by atoms with E-state index in [1.54, 1.807) is 6.92 Å². The van der Waals surface area contributed by atoms with Crippen molar-refractivity contribution in [1.29, 1.82) is 0 Å². The Labute approximate surface area is 174 Å². The first kappa shape index (κ1) is 22.9. The Morgan fingerprint density at radius 1 is 1.10 bits per heavy atom. The molecular formula is C19H14F6N2O3S. The molecule has 2 aromatic heterocycles. The molecule has 3 aromatic rings. The topological polar surface area (TPSA) is 66.7 Å². The maximum absolute atomic E-state index is 13.7. The zero-order chi connectivity index (χ0) is 23.0. The van der Waals surface area contributed by atoms with Gasteiger partial charge in [0.1, 0.15) is 17.1 Å². The van der Waals surface area contributed by atoms with Gasteiger partial charge in [-0.1, -0.05) is 12.1 Å². The molecule has 1 unspecified atom stereocenters. The van der Waals surface area contributed by atoms with Crippen LogP contribution in [0.5, 0.6) is 5.75 Å². The van der Waals surface area contributed by atoms with Crippen LogP contribution in [0.25, 0.3) is 16.8 Å². The lowest BCUT2D eigenvalue weighted by Crippen LogP contribution is -2.24. The maximum atomic E-state index is 13.7. The highest BCUT2D eigenvalue weighted by atomic mass is 32.2. The number of pyridine rings is 1. The van der Waals surface area contributed by atoms with Crippen LogP contribution >= 0.6 is 0 Å². The number of nitrogens with zero attached hydrogens (tertiary/aromatic N) is 2. The van der Waals surface area contributed by atoms with E-state index in [4.69, 9.17) is 0 Å². The molecule has 166 valence electrons. The molecule has 1 aromatic carbocycles. The Balaban J connectivity index is 2.13. The molecule has 0 aliphatic rings. The monoisotopic (exact) mass is 464 g/mol. The summed E-state index contributed by atoms with van der Waals surface area (Å²) >= 11 is -1.46. The molecule has 3 rings (SSSR count). The van der Waals surface area contributed by atoms with Crippen molar-refractivity contribution < 1.29 is 35.6 Å². The largest absolute Gasteiger partial charge is 0.611 e. The summed E-state index contributed by atoms with van der Waals surface area (Å²) in [5.74, 6) is 0.00285. The zero-order valence-electron chi connectivity index (χ0n) is 15.8. The molecule has 2 heterocycles.